The maximum absolute atomic E-state index is 13.9. The number of nitrogen functional groups attached to an aromatic ring is 1. The summed E-state index contributed by atoms with van der Waals surface area (Å²) in [5, 5.41) is 25.1. The van der Waals surface area contributed by atoms with E-state index >= 15 is 0 Å². The van der Waals surface area contributed by atoms with E-state index in [1.54, 1.807) is 30.3 Å². The minimum atomic E-state index is -4.25. The summed E-state index contributed by atoms with van der Waals surface area (Å²) in [6.45, 7) is 3.00. The number of fused-ring (bicyclic) bond motifs is 3. The van der Waals surface area contributed by atoms with Gasteiger partial charge < -0.3 is 34.7 Å². The van der Waals surface area contributed by atoms with Crippen LogP contribution in [-0.4, -0.2) is 79.4 Å². The second kappa shape index (κ2) is 13.8. The van der Waals surface area contributed by atoms with E-state index in [9.17, 15) is 19.6 Å². The molecule has 44 heavy (non-hydrogen) atoms. The van der Waals surface area contributed by atoms with Crippen LogP contribution in [0.1, 0.15) is 58.6 Å². The Balaban J connectivity index is 1.43. The van der Waals surface area contributed by atoms with Crippen LogP contribution in [0.15, 0.2) is 36.7 Å². The third kappa shape index (κ3) is 7.31. The summed E-state index contributed by atoms with van der Waals surface area (Å²) < 4.78 is 44.1. The molecule has 1 fully saturated rings. The molecular formula is C28H39N6O9P. The topological polar surface area (TPSA) is 202 Å². The van der Waals surface area contributed by atoms with Gasteiger partial charge in [-0.15, -0.1) is 0 Å². The van der Waals surface area contributed by atoms with Crippen LogP contribution in [0.3, 0.4) is 0 Å². The van der Waals surface area contributed by atoms with Crippen LogP contribution in [-0.2, 0) is 23.4 Å². The lowest BCUT2D eigenvalue weighted by atomic mass is 9.96. The number of esters is 1. The lowest BCUT2D eigenvalue weighted by molar-refractivity contribution is -0.145. The largest absolute Gasteiger partial charge is 0.476 e. The third-order valence-electron chi connectivity index (χ3n) is 7.52. The van der Waals surface area contributed by atoms with Crippen LogP contribution in [0.5, 0.6) is 11.6 Å². The molecule has 5 rings (SSSR count). The number of hydrogen-bond donors (Lipinski definition) is 4. The molecule has 1 saturated heterocycles. The molecule has 15 nitrogen and oxygen atoms in total. The molecule has 16 heteroatoms. The predicted molar refractivity (Wildman–Crippen MR) is 158 cm³/mol. The van der Waals surface area contributed by atoms with Crippen LogP contribution < -0.4 is 20.1 Å². The van der Waals surface area contributed by atoms with Gasteiger partial charge in [0.15, 0.2) is 17.4 Å². The first-order valence-electron chi connectivity index (χ1n) is 14.7. The van der Waals surface area contributed by atoms with Gasteiger partial charge in [-0.2, -0.15) is 15.1 Å². The Labute approximate surface area is 254 Å². The lowest BCUT2D eigenvalue weighted by Gasteiger charge is -2.27. The van der Waals surface area contributed by atoms with Crippen molar-refractivity contribution in [2.75, 3.05) is 25.6 Å². The van der Waals surface area contributed by atoms with Gasteiger partial charge in [0.25, 0.3) is 0 Å². The fourth-order valence-electron chi connectivity index (χ4n) is 5.11. The second-order valence-corrected chi connectivity index (χ2v) is 12.8. The van der Waals surface area contributed by atoms with E-state index in [4.69, 9.17) is 29.0 Å². The Kier molecular flexibility index (Phi) is 10.0. The Hall–Kier alpha value is -3.33. The Morgan fingerprint density at radius 3 is 2.50 bits per heavy atom. The smallest absolute Gasteiger partial charge is 0.459 e. The number of hydrogen-bond acceptors (Lipinski definition) is 13. The van der Waals surface area contributed by atoms with Crippen molar-refractivity contribution >= 4 is 30.8 Å². The summed E-state index contributed by atoms with van der Waals surface area (Å²) in [7, 11) is -4.25. The van der Waals surface area contributed by atoms with Crippen molar-refractivity contribution in [1.29, 1.82) is 0 Å². The van der Waals surface area contributed by atoms with Gasteiger partial charge in [-0.05, 0) is 38.8 Å². The molecule has 6 atom stereocenters. The predicted octanol–water partition coefficient (Wildman–Crippen LogP) is 2.88. The molecule has 3 aromatic rings. The van der Waals surface area contributed by atoms with Crippen molar-refractivity contribution in [3.05, 3.63) is 36.7 Å². The SMILES string of the molecule is C[C@@H]1NP(=O)(Oc2ccccc2)OCC2OC(n3cnc4c(nc(N)nc43)OCCCCCCCCOC1=O)[C@](C)(O)[C@@H]2O. The highest BCUT2D eigenvalue weighted by Crippen LogP contribution is 2.47. The molecule has 4 heterocycles. The van der Waals surface area contributed by atoms with E-state index in [0.717, 1.165) is 32.1 Å². The monoisotopic (exact) mass is 634 g/mol. The standard InChI is InChI=1S/C28H39N6O9P/c1-18-25(36)40-15-11-6-4-3-5-10-14-39-24-21-23(31-27(29)32-24)34(17-30-21)26-28(2,37)22(35)20(42-26)16-41-44(38,33-18)43-19-12-8-7-9-13-19/h7-9,12-13,17-18,20,22,26,35,37H,3-6,10-11,14-16H2,1-2H3,(H,33,38)(H2,29,31,32)/t18-,20?,22+,26?,28+,44?/m0/s1. The molecule has 5 N–H and O–H groups in total. The summed E-state index contributed by atoms with van der Waals surface area (Å²) in [6.07, 6.45) is 2.71. The van der Waals surface area contributed by atoms with E-state index < -0.39 is 50.4 Å². The van der Waals surface area contributed by atoms with Gasteiger partial charge in [-0.3, -0.25) is 13.9 Å². The highest BCUT2D eigenvalue weighted by atomic mass is 31.2. The molecule has 0 saturated carbocycles. The van der Waals surface area contributed by atoms with Crippen LogP contribution >= 0.6 is 7.75 Å². The number of ether oxygens (including phenoxy) is 3. The summed E-state index contributed by atoms with van der Waals surface area (Å²) in [5.74, 6) is -0.260. The highest BCUT2D eigenvalue weighted by Gasteiger charge is 2.54. The first-order valence-corrected chi connectivity index (χ1v) is 16.2. The fraction of sp³-hybridized carbons (Fsp3) is 0.571. The summed E-state index contributed by atoms with van der Waals surface area (Å²) in [5.41, 5.74) is 4.66. The normalized spacial score (nSPS) is 31.3. The molecule has 0 aliphatic carbocycles. The minimum Gasteiger partial charge on any atom is -0.476 e. The Bertz CT molecular complexity index is 1470. The quantitative estimate of drug-likeness (QED) is 0.237. The zero-order chi connectivity index (χ0) is 31.3. The molecule has 6 bridgehead atoms. The number of aliphatic hydroxyl groups is 2. The zero-order valence-corrected chi connectivity index (χ0v) is 25.6. The average Bonchev–Trinajstić information content (AvgIpc) is 3.50. The van der Waals surface area contributed by atoms with Crippen LogP contribution in [0.2, 0.25) is 0 Å². The van der Waals surface area contributed by atoms with Crippen LogP contribution in [0, 0.1) is 0 Å². The molecule has 2 aliphatic rings. The number of nitrogens with two attached hydrogens (primary N) is 1. The number of rotatable bonds is 2. The third-order valence-corrected chi connectivity index (χ3v) is 9.16. The van der Waals surface area contributed by atoms with E-state index in [0.29, 0.717) is 18.5 Å². The van der Waals surface area contributed by atoms with Crippen molar-refractivity contribution in [3.63, 3.8) is 0 Å². The number of benzene rings is 1. The molecule has 2 aliphatic heterocycles. The van der Waals surface area contributed by atoms with Gasteiger partial charge in [0, 0.05) is 0 Å². The Morgan fingerprint density at radius 1 is 1.09 bits per heavy atom. The number of nitrogens with zero attached hydrogens (tertiary/aromatic N) is 4. The van der Waals surface area contributed by atoms with Gasteiger partial charge in [-0.25, -0.2) is 9.55 Å². The van der Waals surface area contributed by atoms with Crippen molar-refractivity contribution in [1.82, 2.24) is 24.6 Å². The number of nitrogens with one attached hydrogen (secondary N) is 1. The first-order chi connectivity index (χ1) is 21.1. The maximum Gasteiger partial charge on any atom is 0.459 e. The van der Waals surface area contributed by atoms with Gasteiger partial charge in [-0.1, -0.05) is 43.9 Å². The molecule has 2 aromatic heterocycles. The van der Waals surface area contributed by atoms with E-state index in [1.807, 2.05) is 0 Å². The van der Waals surface area contributed by atoms with E-state index in [2.05, 4.69) is 20.0 Å². The number of anilines is 1. The van der Waals surface area contributed by atoms with Gasteiger partial charge in [0.05, 0.1) is 26.1 Å². The fourth-order valence-corrected chi connectivity index (χ4v) is 6.61. The van der Waals surface area contributed by atoms with Crippen molar-refractivity contribution in [2.24, 2.45) is 0 Å². The summed E-state index contributed by atoms with van der Waals surface area (Å²) >= 11 is 0. The Morgan fingerprint density at radius 2 is 1.77 bits per heavy atom. The number of aliphatic hydroxyl groups excluding tert-OH is 1. The van der Waals surface area contributed by atoms with Gasteiger partial charge >= 0.3 is 13.7 Å². The highest BCUT2D eigenvalue weighted by molar-refractivity contribution is 7.52. The molecule has 0 amide bonds. The first kappa shape index (κ1) is 32.1. The minimum absolute atomic E-state index is 0.0613. The van der Waals surface area contributed by atoms with Crippen molar-refractivity contribution in [2.45, 2.75) is 82.5 Å². The zero-order valence-electron chi connectivity index (χ0n) is 24.7. The summed E-state index contributed by atoms with van der Waals surface area (Å²) in [6, 6.07) is 7.24. The molecule has 240 valence electrons. The molecular weight excluding hydrogens is 595 g/mol. The van der Waals surface area contributed by atoms with Crippen LogP contribution in [0.25, 0.3) is 11.2 Å². The van der Waals surface area contributed by atoms with E-state index in [1.165, 1.54) is 24.7 Å². The molecule has 0 radical (unpaired) electrons. The van der Waals surface area contributed by atoms with Crippen molar-refractivity contribution in [3.8, 4) is 11.6 Å². The number of imidazole rings is 1. The van der Waals surface area contributed by atoms with Crippen LogP contribution in [0.4, 0.5) is 5.95 Å². The number of para-hydroxylation sites is 1. The molecule has 0 spiro atoms. The second-order valence-electron chi connectivity index (χ2n) is 11.1. The molecule has 3 unspecified atom stereocenters. The number of aromatic nitrogens is 4. The number of cyclic esters (lactones) is 1. The van der Waals surface area contributed by atoms with Gasteiger partial charge in [0.2, 0.25) is 11.8 Å². The van der Waals surface area contributed by atoms with E-state index in [-0.39, 0.29) is 29.8 Å². The van der Waals surface area contributed by atoms with Gasteiger partial charge in [0.1, 0.15) is 29.6 Å². The number of carbonyl (C=O) groups is 1. The average molecular weight is 635 g/mol. The lowest BCUT2D eigenvalue weighted by Crippen LogP contribution is -2.44. The van der Waals surface area contributed by atoms with Crippen molar-refractivity contribution < 1.29 is 42.8 Å². The maximum atomic E-state index is 13.9. The summed E-state index contributed by atoms with van der Waals surface area (Å²) in [4.78, 5) is 25.6. The number of carbonyl (C=O) groups excluding carboxylic acids is 1. The molecule has 1 aromatic carbocycles.